The highest BCUT2D eigenvalue weighted by molar-refractivity contribution is 9.10. The minimum absolute atomic E-state index is 0.0340. The van der Waals surface area contributed by atoms with E-state index in [1.165, 1.54) is 6.07 Å². The molecular formula is C15H15BrN2O3. The molecule has 0 saturated carbocycles. The van der Waals surface area contributed by atoms with Gasteiger partial charge < -0.3 is 10.5 Å². The Balaban J connectivity index is 1.93. The summed E-state index contributed by atoms with van der Waals surface area (Å²) in [7, 11) is 0. The first-order chi connectivity index (χ1) is 10.1. The fraction of sp³-hybridized carbons (Fsp3) is 0.200. The number of rotatable bonds is 6. The van der Waals surface area contributed by atoms with Crippen molar-refractivity contribution in [3.8, 4) is 5.75 Å². The molecular weight excluding hydrogens is 336 g/mol. The molecule has 0 heterocycles. The number of hydrogen-bond donors (Lipinski definition) is 1. The highest BCUT2D eigenvalue weighted by atomic mass is 79.9. The lowest BCUT2D eigenvalue weighted by molar-refractivity contribution is -0.386. The zero-order valence-electron chi connectivity index (χ0n) is 11.3. The third-order valence-electron chi connectivity index (χ3n) is 2.95. The lowest BCUT2D eigenvalue weighted by Crippen LogP contribution is -2.03. The third-order valence-corrected chi connectivity index (χ3v) is 3.57. The van der Waals surface area contributed by atoms with Gasteiger partial charge in [-0.05, 0) is 52.5 Å². The zero-order chi connectivity index (χ0) is 15.2. The molecule has 0 bridgehead atoms. The van der Waals surface area contributed by atoms with Crippen LogP contribution in [-0.2, 0) is 6.42 Å². The summed E-state index contributed by atoms with van der Waals surface area (Å²) < 4.78 is 6.15. The Labute approximate surface area is 131 Å². The highest BCUT2D eigenvalue weighted by Crippen LogP contribution is 2.34. The first kappa shape index (κ1) is 15.3. The predicted octanol–water partition coefficient (Wildman–Crippen LogP) is 3.95. The molecule has 0 amide bonds. The van der Waals surface area contributed by atoms with Crippen molar-refractivity contribution in [2.45, 2.75) is 12.8 Å². The minimum atomic E-state index is -0.446. The van der Waals surface area contributed by atoms with Crippen molar-refractivity contribution >= 4 is 27.3 Å². The summed E-state index contributed by atoms with van der Waals surface area (Å²) in [5.74, 6) is 0.273. The number of nitro groups is 1. The normalized spacial score (nSPS) is 10.3. The van der Waals surface area contributed by atoms with Gasteiger partial charge in [-0.2, -0.15) is 0 Å². The SMILES string of the molecule is Nc1cccc(CCCOc2c(Br)cccc2[N+](=O)[O-])c1. The molecule has 2 aromatic carbocycles. The summed E-state index contributed by atoms with van der Waals surface area (Å²) >= 11 is 3.28. The summed E-state index contributed by atoms with van der Waals surface area (Å²) in [5, 5.41) is 11.0. The molecule has 0 saturated heterocycles. The topological polar surface area (TPSA) is 78.4 Å². The van der Waals surface area contributed by atoms with Crippen molar-refractivity contribution in [2.24, 2.45) is 0 Å². The maximum Gasteiger partial charge on any atom is 0.312 e. The molecule has 0 radical (unpaired) electrons. The van der Waals surface area contributed by atoms with Gasteiger partial charge in [0.15, 0.2) is 0 Å². The van der Waals surface area contributed by atoms with E-state index >= 15 is 0 Å². The second kappa shape index (κ2) is 7.08. The molecule has 2 N–H and O–H groups in total. The van der Waals surface area contributed by atoms with E-state index in [-0.39, 0.29) is 11.4 Å². The van der Waals surface area contributed by atoms with E-state index < -0.39 is 4.92 Å². The number of ether oxygens (including phenoxy) is 1. The Morgan fingerprint density at radius 3 is 2.71 bits per heavy atom. The lowest BCUT2D eigenvalue weighted by atomic mass is 10.1. The van der Waals surface area contributed by atoms with E-state index in [0.29, 0.717) is 11.1 Å². The van der Waals surface area contributed by atoms with Crippen LogP contribution in [0.25, 0.3) is 0 Å². The van der Waals surface area contributed by atoms with Gasteiger partial charge in [0.25, 0.3) is 0 Å². The predicted molar refractivity (Wildman–Crippen MR) is 85.5 cm³/mol. The average Bonchev–Trinajstić information content (AvgIpc) is 2.44. The van der Waals surface area contributed by atoms with Crippen LogP contribution in [0.1, 0.15) is 12.0 Å². The number of benzene rings is 2. The molecule has 21 heavy (non-hydrogen) atoms. The van der Waals surface area contributed by atoms with Crippen LogP contribution in [0.2, 0.25) is 0 Å². The Hall–Kier alpha value is -2.08. The van der Waals surface area contributed by atoms with Gasteiger partial charge in [0.2, 0.25) is 5.75 Å². The molecule has 6 heteroatoms. The fourth-order valence-corrected chi connectivity index (χ4v) is 2.45. The summed E-state index contributed by atoms with van der Waals surface area (Å²) in [5.41, 5.74) is 7.54. The van der Waals surface area contributed by atoms with Crippen LogP contribution in [0, 0.1) is 10.1 Å². The Bertz CT molecular complexity index is 647. The average molecular weight is 351 g/mol. The number of para-hydroxylation sites is 1. The minimum Gasteiger partial charge on any atom is -0.486 e. The van der Waals surface area contributed by atoms with E-state index in [4.69, 9.17) is 10.5 Å². The number of nitrogens with zero attached hydrogens (tertiary/aromatic N) is 1. The lowest BCUT2D eigenvalue weighted by Gasteiger charge is -2.08. The third kappa shape index (κ3) is 4.19. The van der Waals surface area contributed by atoms with Crippen molar-refractivity contribution in [1.82, 2.24) is 0 Å². The van der Waals surface area contributed by atoms with Crippen molar-refractivity contribution in [1.29, 1.82) is 0 Å². The largest absolute Gasteiger partial charge is 0.486 e. The van der Waals surface area contributed by atoms with E-state index in [9.17, 15) is 10.1 Å². The number of aryl methyl sites for hydroxylation is 1. The number of nitrogens with two attached hydrogens (primary N) is 1. The molecule has 2 rings (SSSR count). The van der Waals surface area contributed by atoms with Gasteiger partial charge >= 0.3 is 5.69 Å². The highest BCUT2D eigenvalue weighted by Gasteiger charge is 2.17. The number of hydrogen-bond acceptors (Lipinski definition) is 4. The van der Waals surface area contributed by atoms with Crippen molar-refractivity contribution in [2.75, 3.05) is 12.3 Å². The first-order valence-corrected chi connectivity index (χ1v) is 7.27. The number of anilines is 1. The van der Waals surface area contributed by atoms with Gasteiger partial charge in [-0.15, -0.1) is 0 Å². The molecule has 110 valence electrons. The molecule has 2 aromatic rings. The molecule has 0 atom stereocenters. The van der Waals surface area contributed by atoms with Gasteiger partial charge in [0, 0.05) is 11.8 Å². The van der Waals surface area contributed by atoms with Crippen LogP contribution in [0.3, 0.4) is 0 Å². The van der Waals surface area contributed by atoms with E-state index in [1.54, 1.807) is 12.1 Å². The Morgan fingerprint density at radius 2 is 2.00 bits per heavy atom. The molecule has 0 unspecified atom stereocenters. The molecule has 0 aromatic heterocycles. The number of nitrogen functional groups attached to an aromatic ring is 1. The van der Waals surface area contributed by atoms with Crippen LogP contribution in [0.4, 0.5) is 11.4 Å². The van der Waals surface area contributed by atoms with Crippen LogP contribution < -0.4 is 10.5 Å². The maximum absolute atomic E-state index is 11.0. The second-order valence-electron chi connectivity index (χ2n) is 4.54. The van der Waals surface area contributed by atoms with Crippen LogP contribution >= 0.6 is 15.9 Å². The summed E-state index contributed by atoms with van der Waals surface area (Å²) in [4.78, 5) is 10.5. The molecule has 0 spiro atoms. The molecule has 0 aliphatic carbocycles. The smallest absolute Gasteiger partial charge is 0.312 e. The molecule has 0 fully saturated rings. The number of nitro benzene ring substituents is 1. The van der Waals surface area contributed by atoms with Gasteiger partial charge in [0.05, 0.1) is 16.0 Å². The summed E-state index contributed by atoms with van der Waals surface area (Å²) in [6, 6.07) is 12.4. The van der Waals surface area contributed by atoms with Crippen molar-refractivity contribution in [3.05, 3.63) is 62.6 Å². The van der Waals surface area contributed by atoms with Gasteiger partial charge in [-0.1, -0.05) is 18.2 Å². The first-order valence-electron chi connectivity index (χ1n) is 6.48. The zero-order valence-corrected chi connectivity index (χ0v) is 12.9. The van der Waals surface area contributed by atoms with Gasteiger partial charge in [-0.3, -0.25) is 10.1 Å². The van der Waals surface area contributed by atoms with E-state index in [0.717, 1.165) is 24.1 Å². The summed E-state index contributed by atoms with van der Waals surface area (Å²) in [6.45, 7) is 0.401. The van der Waals surface area contributed by atoms with Gasteiger partial charge in [0.1, 0.15) is 0 Å². The second-order valence-corrected chi connectivity index (χ2v) is 5.40. The van der Waals surface area contributed by atoms with Gasteiger partial charge in [-0.25, -0.2) is 0 Å². The summed E-state index contributed by atoms with van der Waals surface area (Å²) in [6.07, 6.45) is 1.56. The van der Waals surface area contributed by atoms with Crippen molar-refractivity contribution in [3.63, 3.8) is 0 Å². The standard InChI is InChI=1S/C15H15BrN2O3/c16-13-7-2-8-14(18(19)20)15(13)21-9-3-5-11-4-1-6-12(17)10-11/h1-2,4,6-8,10H,3,5,9,17H2. The fourth-order valence-electron chi connectivity index (χ4n) is 1.98. The maximum atomic E-state index is 11.0. The Kier molecular flexibility index (Phi) is 5.16. The Morgan fingerprint density at radius 1 is 1.24 bits per heavy atom. The van der Waals surface area contributed by atoms with Crippen LogP contribution in [-0.4, -0.2) is 11.5 Å². The monoisotopic (exact) mass is 350 g/mol. The number of halogens is 1. The van der Waals surface area contributed by atoms with E-state index in [1.807, 2.05) is 24.3 Å². The van der Waals surface area contributed by atoms with Crippen LogP contribution in [0.15, 0.2) is 46.9 Å². The molecule has 5 nitrogen and oxygen atoms in total. The van der Waals surface area contributed by atoms with E-state index in [2.05, 4.69) is 15.9 Å². The van der Waals surface area contributed by atoms with Crippen LogP contribution in [0.5, 0.6) is 5.75 Å². The quantitative estimate of drug-likeness (QED) is 0.370. The van der Waals surface area contributed by atoms with Crippen molar-refractivity contribution < 1.29 is 9.66 Å². The molecule has 0 aliphatic heterocycles. The molecule has 0 aliphatic rings.